The monoisotopic (exact) mass is 363 g/mol. The second-order valence-corrected chi connectivity index (χ2v) is 4.49. The molecule has 1 atom stereocenters. The van der Waals surface area contributed by atoms with Gasteiger partial charge >= 0.3 is 0 Å². The molecule has 0 bridgehead atoms. The maximum absolute atomic E-state index is 11.8. The average Bonchev–Trinajstić information content (AvgIpc) is 2.14. The van der Waals surface area contributed by atoms with Gasteiger partial charge in [0.1, 0.15) is 6.54 Å². The van der Waals surface area contributed by atoms with Crippen LogP contribution in [0.4, 0.5) is 8.78 Å². The van der Waals surface area contributed by atoms with Crippen LogP contribution in [0.25, 0.3) is 0 Å². The van der Waals surface area contributed by atoms with Crippen LogP contribution in [-0.2, 0) is 0 Å². The molecular formula is C11H24F2IN3. The zero-order valence-electron chi connectivity index (χ0n) is 10.7. The smallest absolute Gasteiger partial charge is 0.257 e. The van der Waals surface area contributed by atoms with Crippen molar-refractivity contribution in [3.05, 3.63) is 0 Å². The summed E-state index contributed by atoms with van der Waals surface area (Å²) >= 11 is 0. The number of nitrogens with two attached hydrogens (primary N) is 1. The Morgan fingerprint density at radius 3 is 2.29 bits per heavy atom. The molecule has 0 rings (SSSR count). The van der Waals surface area contributed by atoms with Crippen molar-refractivity contribution < 1.29 is 8.78 Å². The minimum atomic E-state index is -2.43. The first-order chi connectivity index (χ1) is 7.41. The van der Waals surface area contributed by atoms with E-state index in [4.69, 9.17) is 5.73 Å². The zero-order chi connectivity index (χ0) is 12.6. The fraction of sp³-hybridized carbons (Fsp3) is 0.909. The van der Waals surface area contributed by atoms with Crippen molar-refractivity contribution in [2.24, 2.45) is 16.6 Å². The topological polar surface area (TPSA) is 50.4 Å². The summed E-state index contributed by atoms with van der Waals surface area (Å²) < 4.78 is 23.7. The second-order valence-electron chi connectivity index (χ2n) is 4.49. The van der Waals surface area contributed by atoms with Gasteiger partial charge in [-0.2, -0.15) is 0 Å². The van der Waals surface area contributed by atoms with Crippen LogP contribution in [0.3, 0.4) is 0 Å². The molecule has 0 amide bonds. The fourth-order valence-electron chi connectivity index (χ4n) is 1.37. The van der Waals surface area contributed by atoms with Gasteiger partial charge in [0.15, 0.2) is 5.96 Å². The number of hydrogen-bond donors (Lipinski definition) is 2. The molecule has 0 saturated carbocycles. The largest absolute Gasteiger partial charge is 0.370 e. The molecule has 0 saturated heterocycles. The molecule has 0 aromatic heterocycles. The average molecular weight is 363 g/mol. The van der Waals surface area contributed by atoms with E-state index in [1.807, 2.05) is 6.92 Å². The van der Waals surface area contributed by atoms with E-state index >= 15 is 0 Å². The van der Waals surface area contributed by atoms with Crippen molar-refractivity contribution in [1.29, 1.82) is 0 Å². The Morgan fingerprint density at radius 2 is 1.82 bits per heavy atom. The SMILES string of the molecule is CC(C)CCCC(C)NC(N)=NCC(F)F.I. The zero-order valence-corrected chi connectivity index (χ0v) is 13.1. The lowest BCUT2D eigenvalue weighted by Gasteiger charge is -2.14. The molecule has 17 heavy (non-hydrogen) atoms. The Bertz CT molecular complexity index is 211. The number of rotatable bonds is 7. The van der Waals surface area contributed by atoms with Gasteiger partial charge in [-0.1, -0.05) is 26.7 Å². The van der Waals surface area contributed by atoms with Crippen molar-refractivity contribution >= 4 is 29.9 Å². The predicted octanol–water partition coefficient (Wildman–Crippen LogP) is 2.99. The highest BCUT2D eigenvalue weighted by Gasteiger charge is 2.05. The van der Waals surface area contributed by atoms with E-state index in [-0.39, 0.29) is 36.0 Å². The van der Waals surface area contributed by atoms with Gasteiger partial charge in [-0.3, -0.25) is 0 Å². The van der Waals surface area contributed by atoms with Gasteiger partial charge in [0.2, 0.25) is 0 Å². The van der Waals surface area contributed by atoms with Crippen LogP contribution in [0.15, 0.2) is 4.99 Å². The summed E-state index contributed by atoms with van der Waals surface area (Å²) in [5.74, 6) is 0.800. The molecule has 104 valence electrons. The van der Waals surface area contributed by atoms with Crippen LogP contribution in [0.2, 0.25) is 0 Å². The molecule has 3 nitrogen and oxygen atoms in total. The van der Waals surface area contributed by atoms with Crippen molar-refractivity contribution in [2.75, 3.05) is 6.54 Å². The molecular weight excluding hydrogens is 339 g/mol. The Hall–Kier alpha value is -0.140. The van der Waals surface area contributed by atoms with Crippen LogP contribution < -0.4 is 11.1 Å². The van der Waals surface area contributed by atoms with Crippen LogP contribution in [-0.4, -0.2) is 25.0 Å². The standard InChI is InChI=1S/C11H23F2N3.HI/c1-8(2)5-4-6-9(3)16-11(14)15-7-10(12)13;/h8-10H,4-7H2,1-3H3,(H3,14,15,16);1H. The molecule has 0 aromatic carbocycles. The third-order valence-corrected chi connectivity index (χ3v) is 2.21. The van der Waals surface area contributed by atoms with Crippen LogP contribution >= 0.6 is 24.0 Å². The Balaban J connectivity index is 0. The van der Waals surface area contributed by atoms with Crippen LogP contribution in [0, 0.1) is 5.92 Å². The van der Waals surface area contributed by atoms with Gasteiger partial charge in [-0.05, 0) is 19.3 Å². The molecule has 0 aromatic rings. The predicted molar refractivity (Wildman–Crippen MR) is 79.2 cm³/mol. The molecule has 1 unspecified atom stereocenters. The van der Waals surface area contributed by atoms with E-state index in [0.717, 1.165) is 12.8 Å². The van der Waals surface area contributed by atoms with E-state index in [2.05, 4.69) is 24.2 Å². The van der Waals surface area contributed by atoms with Crippen LogP contribution in [0.1, 0.15) is 40.0 Å². The quantitative estimate of drug-likeness (QED) is 0.415. The molecule has 0 spiro atoms. The molecule has 3 N–H and O–H groups in total. The van der Waals surface area contributed by atoms with Crippen LogP contribution in [0.5, 0.6) is 0 Å². The first-order valence-electron chi connectivity index (χ1n) is 5.76. The van der Waals surface area contributed by atoms with E-state index in [0.29, 0.717) is 5.92 Å². The lowest BCUT2D eigenvalue weighted by molar-refractivity contribution is 0.158. The number of hydrogen-bond acceptors (Lipinski definition) is 1. The maximum atomic E-state index is 11.8. The van der Waals surface area contributed by atoms with Gasteiger partial charge in [0, 0.05) is 6.04 Å². The van der Waals surface area contributed by atoms with Crippen molar-refractivity contribution in [2.45, 2.75) is 52.5 Å². The highest BCUT2D eigenvalue weighted by atomic mass is 127. The number of alkyl halides is 2. The summed E-state index contributed by atoms with van der Waals surface area (Å²) in [7, 11) is 0. The minimum absolute atomic E-state index is 0. The van der Waals surface area contributed by atoms with Crippen molar-refractivity contribution in [3.8, 4) is 0 Å². The highest BCUT2D eigenvalue weighted by Crippen LogP contribution is 2.07. The maximum Gasteiger partial charge on any atom is 0.257 e. The molecule has 0 aliphatic rings. The molecule has 0 aliphatic carbocycles. The highest BCUT2D eigenvalue weighted by molar-refractivity contribution is 14.0. The van der Waals surface area contributed by atoms with E-state index in [9.17, 15) is 8.78 Å². The molecule has 0 radical (unpaired) electrons. The summed E-state index contributed by atoms with van der Waals surface area (Å²) in [5, 5.41) is 2.90. The third-order valence-electron chi connectivity index (χ3n) is 2.21. The van der Waals surface area contributed by atoms with E-state index < -0.39 is 13.0 Å². The molecule has 0 fully saturated rings. The Kier molecular flexibility index (Phi) is 12.4. The molecule has 0 aliphatic heterocycles. The van der Waals surface area contributed by atoms with E-state index in [1.54, 1.807) is 0 Å². The number of nitrogens with one attached hydrogen (secondary N) is 1. The normalized spacial score (nSPS) is 13.7. The molecule has 0 heterocycles. The minimum Gasteiger partial charge on any atom is -0.370 e. The Labute approximate surface area is 120 Å². The number of aliphatic imine (C=N–C) groups is 1. The van der Waals surface area contributed by atoms with Gasteiger partial charge in [-0.25, -0.2) is 13.8 Å². The van der Waals surface area contributed by atoms with Gasteiger partial charge in [-0.15, -0.1) is 24.0 Å². The summed E-state index contributed by atoms with van der Waals surface area (Å²) in [4.78, 5) is 3.54. The summed E-state index contributed by atoms with van der Waals surface area (Å²) in [6.07, 6.45) is 0.813. The third kappa shape index (κ3) is 13.8. The summed E-state index contributed by atoms with van der Waals surface area (Å²) in [6.45, 7) is 5.80. The number of halogens is 3. The lowest BCUT2D eigenvalue weighted by atomic mass is 10.0. The number of guanidine groups is 1. The van der Waals surface area contributed by atoms with Gasteiger partial charge < -0.3 is 11.1 Å². The second kappa shape index (κ2) is 11.0. The lowest BCUT2D eigenvalue weighted by Crippen LogP contribution is -2.38. The van der Waals surface area contributed by atoms with E-state index in [1.165, 1.54) is 6.42 Å². The first-order valence-corrected chi connectivity index (χ1v) is 5.76. The molecule has 6 heteroatoms. The first kappa shape index (κ1) is 19.2. The Morgan fingerprint density at radius 1 is 1.24 bits per heavy atom. The van der Waals surface area contributed by atoms with Crippen molar-refractivity contribution in [1.82, 2.24) is 5.32 Å². The number of nitrogens with zero attached hydrogens (tertiary/aromatic N) is 1. The summed E-state index contributed by atoms with van der Waals surface area (Å²) in [6, 6.07) is 0.181. The van der Waals surface area contributed by atoms with Crippen molar-refractivity contribution in [3.63, 3.8) is 0 Å². The van der Waals surface area contributed by atoms with Gasteiger partial charge in [0.25, 0.3) is 6.43 Å². The summed E-state index contributed by atoms with van der Waals surface area (Å²) in [5.41, 5.74) is 5.46. The fourth-order valence-corrected chi connectivity index (χ4v) is 1.37. The van der Waals surface area contributed by atoms with Gasteiger partial charge in [0.05, 0.1) is 0 Å².